The fourth-order valence-corrected chi connectivity index (χ4v) is 1.19. The molecule has 1 amide bonds. The van der Waals surface area contributed by atoms with E-state index in [4.69, 9.17) is 0 Å². The summed E-state index contributed by atoms with van der Waals surface area (Å²) in [5.74, 6) is -0.246. The van der Waals surface area contributed by atoms with Gasteiger partial charge in [0.1, 0.15) is 5.69 Å². The first kappa shape index (κ1) is 13.6. The van der Waals surface area contributed by atoms with E-state index in [-0.39, 0.29) is 18.1 Å². The van der Waals surface area contributed by atoms with Crippen molar-refractivity contribution in [3.63, 3.8) is 0 Å². The lowest BCUT2D eigenvalue weighted by Gasteiger charge is -2.08. The maximum atomic E-state index is 12.7. The molecule has 0 aliphatic heterocycles. The average molecular weight is 263 g/mol. The number of hydrogen-bond donors (Lipinski definition) is 2. The summed E-state index contributed by atoms with van der Waals surface area (Å²) in [4.78, 5) is 18.6. The number of rotatable bonds is 5. The van der Waals surface area contributed by atoms with Crippen LogP contribution in [0.4, 0.5) is 8.78 Å². The Morgan fingerprint density at radius 1 is 1.65 bits per heavy atom. The summed E-state index contributed by atoms with van der Waals surface area (Å²) in [5, 5.41) is 2.41. The molecule has 0 atom stereocenters. The monoisotopic (exact) mass is 263 g/mol. The molecule has 8 heteroatoms. The maximum Gasteiger partial charge on any atom is 0.316 e. The minimum atomic E-state index is -2.87. The van der Waals surface area contributed by atoms with Crippen molar-refractivity contribution in [3.8, 4) is 6.01 Å². The van der Waals surface area contributed by atoms with Crippen LogP contribution in [0.3, 0.4) is 0 Å². The molecule has 0 aliphatic carbocycles. The molecule has 5 nitrogen and oxygen atoms in total. The summed E-state index contributed by atoms with van der Waals surface area (Å²) in [5.41, 5.74) is -0.906. The molecular weight excluding hydrogens is 252 g/mol. The number of thiol groups is 1. The Morgan fingerprint density at radius 2 is 2.35 bits per heavy atom. The number of methoxy groups -OCH3 is 1. The summed E-state index contributed by atoms with van der Waals surface area (Å²) in [6.07, 6.45) is -1.86. The maximum absolute atomic E-state index is 12.7. The summed E-state index contributed by atoms with van der Waals surface area (Å²) in [7, 11) is 1.26. The van der Waals surface area contributed by atoms with Crippen LogP contribution in [0.25, 0.3) is 0 Å². The van der Waals surface area contributed by atoms with Crippen LogP contribution < -0.4 is 10.1 Å². The smallest absolute Gasteiger partial charge is 0.316 e. The van der Waals surface area contributed by atoms with Gasteiger partial charge >= 0.3 is 6.01 Å². The lowest BCUT2D eigenvalue weighted by atomic mass is 10.2. The molecule has 0 saturated carbocycles. The Balaban J connectivity index is 3.01. The number of nitrogens with zero attached hydrogens (tertiary/aromatic N) is 2. The molecule has 0 saturated heterocycles. The number of hydrogen-bond acceptors (Lipinski definition) is 5. The van der Waals surface area contributed by atoms with Crippen molar-refractivity contribution >= 4 is 18.5 Å². The summed E-state index contributed by atoms with van der Waals surface area (Å²) >= 11 is 3.89. The molecule has 1 rings (SSSR count). The Kier molecular flexibility index (Phi) is 5.08. The molecule has 1 heterocycles. The van der Waals surface area contributed by atoms with Gasteiger partial charge in [-0.05, 0) is 0 Å². The zero-order chi connectivity index (χ0) is 12.8. The Bertz CT molecular complexity index is 404. The van der Waals surface area contributed by atoms with Crippen LogP contribution >= 0.6 is 12.6 Å². The summed E-state index contributed by atoms with van der Waals surface area (Å²) in [6.45, 7) is 0.274. The van der Waals surface area contributed by atoms with Gasteiger partial charge in [0, 0.05) is 18.5 Å². The van der Waals surface area contributed by atoms with Gasteiger partial charge in [-0.15, -0.1) is 0 Å². The van der Waals surface area contributed by atoms with Crippen LogP contribution in [0, 0.1) is 0 Å². The lowest BCUT2D eigenvalue weighted by molar-refractivity contribution is 0.0938. The predicted octanol–water partition coefficient (Wildman–Crippen LogP) is 1.08. The number of aromatic nitrogens is 2. The highest BCUT2D eigenvalue weighted by Crippen LogP contribution is 2.21. The van der Waals surface area contributed by atoms with E-state index < -0.39 is 18.0 Å². The van der Waals surface area contributed by atoms with Gasteiger partial charge in [-0.3, -0.25) is 4.79 Å². The standard InChI is InChI=1S/C9H11F2N3O2S/c1-16-9-13-4-5(6(14-9)7(10)11)8(15)12-2-3-17/h4,7,17H,2-3H2,1H3,(H,12,15). The highest BCUT2D eigenvalue weighted by molar-refractivity contribution is 7.80. The zero-order valence-electron chi connectivity index (χ0n) is 8.98. The quantitative estimate of drug-likeness (QED) is 0.780. The first-order chi connectivity index (χ1) is 8.10. The van der Waals surface area contributed by atoms with Crippen molar-refractivity contribution in [2.45, 2.75) is 6.43 Å². The van der Waals surface area contributed by atoms with E-state index in [9.17, 15) is 13.6 Å². The second kappa shape index (κ2) is 6.33. The second-order valence-electron chi connectivity index (χ2n) is 2.94. The molecule has 1 aromatic rings. The van der Waals surface area contributed by atoms with Crippen molar-refractivity contribution < 1.29 is 18.3 Å². The number of carbonyl (C=O) groups excluding carboxylic acids is 1. The molecular formula is C9H11F2N3O2S. The average Bonchev–Trinajstić information content (AvgIpc) is 2.35. The van der Waals surface area contributed by atoms with Crippen molar-refractivity contribution in [3.05, 3.63) is 17.5 Å². The molecule has 17 heavy (non-hydrogen) atoms. The van der Waals surface area contributed by atoms with E-state index in [1.54, 1.807) is 0 Å². The Hall–Kier alpha value is -1.44. The van der Waals surface area contributed by atoms with E-state index in [1.807, 2.05) is 0 Å². The van der Waals surface area contributed by atoms with Gasteiger partial charge in [-0.1, -0.05) is 0 Å². The molecule has 1 aromatic heterocycles. The number of nitrogens with one attached hydrogen (secondary N) is 1. The highest BCUT2D eigenvalue weighted by atomic mass is 32.1. The number of alkyl halides is 2. The number of halogens is 2. The minimum absolute atomic E-state index is 0.203. The van der Waals surface area contributed by atoms with Crippen LogP contribution in [0.5, 0.6) is 6.01 Å². The van der Waals surface area contributed by atoms with Crippen molar-refractivity contribution in [2.24, 2.45) is 0 Å². The molecule has 0 bridgehead atoms. The number of ether oxygens (including phenoxy) is 1. The lowest BCUT2D eigenvalue weighted by Crippen LogP contribution is -2.27. The number of amides is 1. The van der Waals surface area contributed by atoms with Crippen LogP contribution in [0.1, 0.15) is 22.5 Å². The first-order valence-corrected chi connectivity index (χ1v) is 5.31. The third-order valence-electron chi connectivity index (χ3n) is 1.83. The van der Waals surface area contributed by atoms with Gasteiger partial charge in [0.25, 0.3) is 12.3 Å². The van der Waals surface area contributed by atoms with Gasteiger partial charge < -0.3 is 10.1 Å². The van der Waals surface area contributed by atoms with E-state index in [0.717, 1.165) is 6.20 Å². The van der Waals surface area contributed by atoms with Crippen LogP contribution in [0.15, 0.2) is 6.20 Å². The van der Waals surface area contributed by atoms with E-state index in [0.29, 0.717) is 5.75 Å². The van der Waals surface area contributed by atoms with Crippen LogP contribution in [-0.4, -0.2) is 35.3 Å². The van der Waals surface area contributed by atoms with E-state index in [1.165, 1.54) is 7.11 Å². The van der Waals surface area contributed by atoms with Gasteiger partial charge in [-0.25, -0.2) is 13.8 Å². The third-order valence-corrected chi connectivity index (χ3v) is 2.05. The predicted molar refractivity (Wildman–Crippen MR) is 59.7 cm³/mol. The summed E-state index contributed by atoms with van der Waals surface area (Å²) in [6, 6.07) is -0.203. The van der Waals surface area contributed by atoms with Gasteiger partial charge in [-0.2, -0.15) is 17.6 Å². The fourth-order valence-electron chi connectivity index (χ4n) is 1.08. The SMILES string of the molecule is COc1ncc(C(=O)NCCS)c(C(F)F)n1. The molecule has 0 unspecified atom stereocenters. The summed E-state index contributed by atoms with van der Waals surface area (Å²) < 4.78 is 30.0. The molecule has 94 valence electrons. The van der Waals surface area contributed by atoms with Crippen LogP contribution in [0.2, 0.25) is 0 Å². The van der Waals surface area contributed by atoms with Crippen LogP contribution in [-0.2, 0) is 0 Å². The zero-order valence-corrected chi connectivity index (χ0v) is 9.88. The fraction of sp³-hybridized carbons (Fsp3) is 0.444. The van der Waals surface area contributed by atoms with Crippen molar-refractivity contribution in [1.82, 2.24) is 15.3 Å². The molecule has 0 radical (unpaired) electrons. The molecule has 0 fully saturated rings. The van der Waals surface area contributed by atoms with Gasteiger partial charge in [0.15, 0.2) is 0 Å². The first-order valence-electron chi connectivity index (χ1n) is 4.68. The minimum Gasteiger partial charge on any atom is -0.467 e. The van der Waals surface area contributed by atoms with Crippen molar-refractivity contribution in [2.75, 3.05) is 19.4 Å². The van der Waals surface area contributed by atoms with E-state index >= 15 is 0 Å². The second-order valence-corrected chi connectivity index (χ2v) is 3.38. The number of carbonyl (C=O) groups is 1. The normalized spacial score (nSPS) is 10.4. The van der Waals surface area contributed by atoms with Crippen molar-refractivity contribution in [1.29, 1.82) is 0 Å². The third kappa shape index (κ3) is 3.52. The Morgan fingerprint density at radius 3 is 2.88 bits per heavy atom. The molecule has 0 aromatic carbocycles. The molecule has 0 aliphatic rings. The van der Waals surface area contributed by atoms with Gasteiger partial charge in [0.2, 0.25) is 0 Å². The topological polar surface area (TPSA) is 64.1 Å². The Labute approximate surface area is 102 Å². The molecule has 0 spiro atoms. The van der Waals surface area contributed by atoms with E-state index in [2.05, 4.69) is 32.7 Å². The largest absolute Gasteiger partial charge is 0.467 e. The highest BCUT2D eigenvalue weighted by Gasteiger charge is 2.21. The molecule has 1 N–H and O–H groups in total. The van der Waals surface area contributed by atoms with Gasteiger partial charge in [0.05, 0.1) is 12.7 Å².